The lowest BCUT2D eigenvalue weighted by Crippen LogP contribution is -2.27. The van der Waals surface area contributed by atoms with Crippen molar-refractivity contribution in [3.05, 3.63) is 35.9 Å². The van der Waals surface area contributed by atoms with Gasteiger partial charge in [-0.05, 0) is 30.9 Å². The number of para-hydroxylation sites is 1. The number of hydrogen-bond acceptors (Lipinski definition) is 3. The lowest BCUT2D eigenvalue weighted by atomic mass is 10.1. The van der Waals surface area contributed by atoms with Crippen LogP contribution in [0.1, 0.15) is 18.4 Å². The van der Waals surface area contributed by atoms with Gasteiger partial charge in [-0.1, -0.05) is 24.1 Å². The van der Waals surface area contributed by atoms with Gasteiger partial charge in [-0.15, -0.1) is 6.42 Å². The second-order valence-corrected chi connectivity index (χ2v) is 5.19. The van der Waals surface area contributed by atoms with Crippen LogP contribution >= 0.6 is 0 Å². The van der Waals surface area contributed by atoms with Crippen molar-refractivity contribution < 1.29 is 0 Å². The molecule has 1 aromatic heterocycles. The molecule has 0 bridgehead atoms. The smallest absolute Gasteiger partial charge is 0.148 e. The summed E-state index contributed by atoms with van der Waals surface area (Å²) in [4.78, 5) is 6.71. The molecule has 0 unspecified atom stereocenters. The first-order valence-corrected chi connectivity index (χ1v) is 6.80. The van der Waals surface area contributed by atoms with Gasteiger partial charge >= 0.3 is 0 Å². The molecule has 1 heterocycles. The Morgan fingerprint density at radius 1 is 1.35 bits per heavy atom. The maximum Gasteiger partial charge on any atom is 0.148 e. The van der Waals surface area contributed by atoms with Crippen LogP contribution in [0.3, 0.4) is 0 Å². The van der Waals surface area contributed by atoms with E-state index in [0.29, 0.717) is 18.0 Å². The third-order valence-electron chi connectivity index (χ3n) is 3.58. The van der Waals surface area contributed by atoms with Gasteiger partial charge in [0.25, 0.3) is 0 Å². The normalized spacial score (nSPS) is 13.7. The fourth-order valence-electron chi connectivity index (χ4n) is 2.38. The molecule has 1 aliphatic carbocycles. The molecular weight excluding hydrogens is 246 g/mol. The quantitative estimate of drug-likeness (QED) is 0.794. The van der Waals surface area contributed by atoms with Crippen molar-refractivity contribution >= 4 is 16.7 Å². The first kappa shape index (κ1) is 12.5. The zero-order valence-electron chi connectivity index (χ0n) is 11.2. The summed E-state index contributed by atoms with van der Waals surface area (Å²) in [6.07, 6.45) is 7.96. The molecule has 1 aliphatic rings. The number of nitriles is 1. The predicted octanol–water partition coefficient (Wildman–Crippen LogP) is 2.96. The molecule has 3 heteroatoms. The van der Waals surface area contributed by atoms with E-state index in [0.717, 1.165) is 23.3 Å². The molecule has 0 spiro atoms. The van der Waals surface area contributed by atoms with Gasteiger partial charge < -0.3 is 4.90 Å². The molecule has 0 atom stereocenters. The Hall–Kier alpha value is -2.52. The van der Waals surface area contributed by atoms with Crippen LogP contribution in [0, 0.1) is 29.6 Å². The minimum absolute atomic E-state index is 0.497. The Morgan fingerprint density at radius 2 is 2.15 bits per heavy atom. The summed E-state index contributed by atoms with van der Waals surface area (Å²) in [6, 6.07) is 12.0. The molecule has 2 aromatic rings. The molecule has 1 fully saturated rings. The SMILES string of the molecule is C#CCN(CC1CC1)c1nc2ccccc2cc1C#N. The molecule has 0 N–H and O–H groups in total. The first-order chi connectivity index (χ1) is 9.81. The minimum Gasteiger partial charge on any atom is -0.344 e. The number of nitrogens with zero attached hydrogens (tertiary/aromatic N) is 3. The highest BCUT2D eigenvalue weighted by Gasteiger charge is 2.26. The summed E-state index contributed by atoms with van der Waals surface area (Å²) in [7, 11) is 0. The van der Waals surface area contributed by atoms with Crippen LogP contribution in [0.15, 0.2) is 30.3 Å². The van der Waals surface area contributed by atoms with Gasteiger partial charge in [-0.3, -0.25) is 0 Å². The van der Waals surface area contributed by atoms with E-state index < -0.39 is 0 Å². The van der Waals surface area contributed by atoms with Gasteiger partial charge in [-0.25, -0.2) is 4.98 Å². The highest BCUT2D eigenvalue weighted by Crippen LogP contribution is 2.32. The predicted molar refractivity (Wildman–Crippen MR) is 80.2 cm³/mol. The zero-order valence-corrected chi connectivity index (χ0v) is 11.2. The van der Waals surface area contributed by atoms with E-state index in [1.807, 2.05) is 30.3 Å². The second kappa shape index (κ2) is 5.23. The zero-order chi connectivity index (χ0) is 13.9. The molecule has 0 amide bonds. The molecule has 1 aromatic carbocycles. The Balaban J connectivity index is 2.07. The largest absolute Gasteiger partial charge is 0.344 e. The number of terminal acetylenes is 1. The van der Waals surface area contributed by atoms with E-state index in [-0.39, 0.29) is 0 Å². The molecule has 3 rings (SSSR count). The first-order valence-electron chi connectivity index (χ1n) is 6.80. The van der Waals surface area contributed by atoms with Gasteiger partial charge in [0.1, 0.15) is 11.9 Å². The van der Waals surface area contributed by atoms with E-state index in [4.69, 9.17) is 6.42 Å². The number of benzene rings is 1. The molecule has 98 valence electrons. The van der Waals surface area contributed by atoms with Gasteiger partial charge in [0.15, 0.2) is 0 Å². The van der Waals surface area contributed by atoms with Gasteiger partial charge in [-0.2, -0.15) is 5.26 Å². The van der Waals surface area contributed by atoms with Crippen molar-refractivity contribution in [2.24, 2.45) is 5.92 Å². The van der Waals surface area contributed by atoms with E-state index in [2.05, 4.69) is 21.9 Å². The standard InChI is InChI=1S/C17H15N3/c1-2-9-20(12-13-7-8-13)17-15(11-18)10-14-5-3-4-6-16(14)19-17/h1,3-6,10,13H,7-9,12H2. The monoisotopic (exact) mass is 261 g/mol. The third kappa shape index (κ3) is 2.44. The molecule has 0 radical (unpaired) electrons. The van der Waals surface area contributed by atoms with Gasteiger partial charge in [0.2, 0.25) is 0 Å². The number of anilines is 1. The third-order valence-corrected chi connectivity index (χ3v) is 3.58. The summed E-state index contributed by atoms with van der Waals surface area (Å²) >= 11 is 0. The average molecular weight is 261 g/mol. The fourth-order valence-corrected chi connectivity index (χ4v) is 2.38. The molecule has 0 aliphatic heterocycles. The molecule has 20 heavy (non-hydrogen) atoms. The topological polar surface area (TPSA) is 39.9 Å². The second-order valence-electron chi connectivity index (χ2n) is 5.19. The van der Waals surface area contributed by atoms with Gasteiger partial charge in [0.05, 0.1) is 17.6 Å². The van der Waals surface area contributed by atoms with E-state index in [1.165, 1.54) is 12.8 Å². The Bertz CT molecular complexity index is 717. The molecule has 0 saturated heterocycles. The van der Waals surface area contributed by atoms with Gasteiger partial charge in [0, 0.05) is 11.9 Å². The van der Waals surface area contributed by atoms with Crippen LogP contribution < -0.4 is 4.90 Å². The molecule has 3 nitrogen and oxygen atoms in total. The van der Waals surface area contributed by atoms with Crippen LogP contribution in [0.5, 0.6) is 0 Å². The van der Waals surface area contributed by atoms with Crippen molar-refractivity contribution in [2.45, 2.75) is 12.8 Å². The summed E-state index contributed by atoms with van der Waals surface area (Å²) < 4.78 is 0. The number of rotatable bonds is 4. The summed E-state index contributed by atoms with van der Waals surface area (Å²) in [6.45, 7) is 1.39. The average Bonchev–Trinajstić information content (AvgIpc) is 3.29. The Morgan fingerprint density at radius 3 is 2.85 bits per heavy atom. The lowest BCUT2D eigenvalue weighted by molar-refractivity contribution is 0.756. The van der Waals surface area contributed by atoms with Crippen LogP contribution in [-0.4, -0.2) is 18.1 Å². The van der Waals surface area contributed by atoms with E-state index in [1.54, 1.807) is 0 Å². The highest BCUT2D eigenvalue weighted by molar-refractivity contribution is 5.83. The maximum atomic E-state index is 9.38. The number of hydrogen-bond donors (Lipinski definition) is 0. The van der Waals surface area contributed by atoms with Crippen molar-refractivity contribution in [2.75, 3.05) is 18.0 Å². The van der Waals surface area contributed by atoms with Crippen LogP contribution in [0.4, 0.5) is 5.82 Å². The molecule has 1 saturated carbocycles. The van der Waals surface area contributed by atoms with Crippen molar-refractivity contribution in [3.8, 4) is 18.4 Å². The van der Waals surface area contributed by atoms with E-state index in [9.17, 15) is 5.26 Å². The number of aromatic nitrogens is 1. The fraction of sp³-hybridized carbons (Fsp3) is 0.294. The van der Waals surface area contributed by atoms with E-state index >= 15 is 0 Å². The number of pyridine rings is 1. The van der Waals surface area contributed by atoms with Crippen molar-refractivity contribution in [3.63, 3.8) is 0 Å². The maximum absolute atomic E-state index is 9.38. The summed E-state index contributed by atoms with van der Waals surface area (Å²) in [5.74, 6) is 4.09. The minimum atomic E-state index is 0.497. The molecular formula is C17H15N3. The number of fused-ring (bicyclic) bond motifs is 1. The van der Waals surface area contributed by atoms with Crippen molar-refractivity contribution in [1.29, 1.82) is 5.26 Å². The van der Waals surface area contributed by atoms with Crippen LogP contribution in [0.25, 0.3) is 10.9 Å². The van der Waals surface area contributed by atoms with Crippen LogP contribution in [0.2, 0.25) is 0 Å². The Kier molecular flexibility index (Phi) is 3.27. The summed E-state index contributed by atoms with van der Waals surface area (Å²) in [5.41, 5.74) is 1.50. The van der Waals surface area contributed by atoms with Crippen molar-refractivity contribution in [1.82, 2.24) is 4.98 Å². The summed E-state index contributed by atoms with van der Waals surface area (Å²) in [5, 5.41) is 10.4. The Labute approximate surface area is 118 Å². The van der Waals surface area contributed by atoms with Crippen LogP contribution in [-0.2, 0) is 0 Å². The lowest BCUT2D eigenvalue weighted by Gasteiger charge is -2.22. The highest BCUT2D eigenvalue weighted by atomic mass is 15.2.